The van der Waals surface area contributed by atoms with Gasteiger partial charge in [-0.15, -0.1) is 0 Å². The third-order valence-corrected chi connectivity index (χ3v) is 6.90. The lowest BCUT2D eigenvalue weighted by Crippen LogP contribution is -2.40. The van der Waals surface area contributed by atoms with Gasteiger partial charge in [0.25, 0.3) is 0 Å². The third-order valence-electron chi connectivity index (χ3n) is 6.90. The van der Waals surface area contributed by atoms with Crippen LogP contribution in [0.15, 0.2) is 17.1 Å². The molecule has 0 bridgehead atoms. The number of rotatable bonds is 11. The predicted octanol–water partition coefficient (Wildman–Crippen LogP) is 3.02. The molecule has 4 rings (SSSR count). The fourth-order valence-corrected chi connectivity index (χ4v) is 5.06. The summed E-state index contributed by atoms with van der Waals surface area (Å²) in [6, 6.07) is 4.34. The first-order valence-electron chi connectivity index (χ1n) is 12.4. The second-order valence-electron chi connectivity index (χ2n) is 9.31. The smallest absolute Gasteiger partial charge is 0.246 e. The molecule has 2 amide bonds. The van der Waals surface area contributed by atoms with E-state index in [-0.39, 0.29) is 18.4 Å². The third kappa shape index (κ3) is 5.66. The average Bonchev–Trinajstić information content (AvgIpc) is 3.45. The summed E-state index contributed by atoms with van der Waals surface area (Å²) in [4.78, 5) is 32.8. The molecule has 0 unspecified atom stereocenters. The van der Waals surface area contributed by atoms with Gasteiger partial charge in [0.15, 0.2) is 0 Å². The molecule has 2 N–H and O–H groups in total. The Balaban J connectivity index is 1.20. The molecule has 1 aromatic carbocycles. The Kier molecular flexibility index (Phi) is 7.85. The first-order chi connectivity index (χ1) is 16.1. The number of aryl methyl sites for hydroxylation is 1. The molecule has 3 aliphatic rings. The number of guanidine groups is 1. The molecule has 1 saturated carbocycles. The van der Waals surface area contributed by atoms with Gasteiger partial charge >= 0.3 is 0 Å². The fraction of sp³-hybridized carbons (Fsp3) is 0.640. The number of ether oxygens (including phenoxy) is 1. The van der Waals surface area contributed by atoms with Crippen LogP contribution in [0.4, 0.5) is 5.69 Å². The van der Waals surface area contributed by atoms with Crippen LogP contribution >= 0.6 is 0 Å². The summed E-state index contributed by atoms with van der Waals surface area (Å²) in [5.41, 5.74) is 3.09. The highest BCUT2D eigenvalue weighted by molar-refractivity contribution is 6.06. The molecule has 2 heterocycles. The molecule has 1 saturated heterocycles. The zero-order valence-electron chi connectivity index (χ0n) is 19.6. The number of nitrogens with zero attached hydrogens (tertiary/aromatic N) is 3. The van der Waals surface area contributed by atoms with Gasteiger partial charge in [-0.25, -0.2) is 4.99 Å². The highest BCUT2D eigenvalue weighted by Crippen LogP contribution is 2.38. The summed E-state index contributed by atoms with van der Waals surface area (Å²) in [5, 5.41) is 12.1. The Morgan fingerprint density at radius 2 is 2.00 bits per heavy atom. The van der Waals surface area contributed by atoms with E-state index in [1.807, 2.05) is 21.9 Å². The number of nitrogens with one attached hydrogen (secondary N) is 1. The highest BCUT2D eigenvalue weighted by atomic mass is 16.5. The summed E-state index contributed by atoms with van der Waals surface area (Å²) in [6.45, 7) is 4.18. The van der Waals surface area contributed by atoms with Crippen molar-refractivity contribution in [1.82, 2.24) is 15.1 Å². The largest absolute Gasteiger partial charge is 0.491 e. The summed E-state index contributed by atoms with van der Waals surface area (Å²) in [6.07, 6.45) is 8.85. The standard InChI is InChI=1S/C25H36N4O4/c1-18-11-12-21(24-20(18)16-28-17-22(31)26-25(28)27-24)33-15-7-3-2-4-10-23(32)29(13-14-30)19-8-5-6-9-19/h11-12,19,30H,2-10,13-17H2,1H3,(H,26,27,31). The molecule has 8 nitrogen and oxygen atoms in total. The maximum absolute atomic E-state index is 12.6. The van der Waals surface area contributed by atoms with Crippen molar-refractivity contribution in [2.24, 2.45) is 4.99 Å². The van der Waals surface area contributed by atoms with Gasteiger partial charge in [-0.1, -0.05) is 31.7 Å². The Morgan fingerprint density at radius 3 is 2.79 bits per heavy atom. The first kappa shape index (κ1) is 23.5. The number of aliphatic hydroxyl groups excluding tert-OH is 1. The lowest BCUT2D eigenvalue weighted by Gasteiger charge is -2.28. The van der Waals surface area contributed by atoms with Gasteiger partial charge < -0.3 is 19.6 Å². The van der Waals surface area contributed by atoms with Crippen molar-refractivity contribution in [2.45, 2.75) is 77.3 Å². The molecule has 0 aromatic heterocycles. The zero-order valence-corrected chi connectivity index (χ0v) is 19.6. The van der Waals surface area contributed by atoms with Crippen molar-refractivity contribution < 1.29 is 19.4 Å². The molecule has 33 heavy (non-hydrogen) atoms. The Bertz CT molecular complexity index is 895. The fourth-order valence-electron chi connectivity index (χ4n) is 5.06. The number of hydrogen-bond acceptors (Lipinski definition) is 6. The molecule has 8 heteroatoms. The topological polar surface area (TPSA) is 94.5 Å². The molecule has 180 valence electrons. The maximum atomic E-state index is 12.6. The zero-order chi connectivity index (χ0) is 23.2. The number of hydrogen-bond donors (Lipinski definition) is 2. The van der Waals surface area contributed by atoms with Crippen molar-refractivity contribution in [2.75, 3.05) is 26.3 Å². The van der Waals surface area contributed by atoms with Crippen molar-refractivity contribution >= 4 is 23.5 Å². The second kappa shape index (κ2) is 11.0. The molecule has 0 atom stereocenters. The molecular formula is C25H36N4O4. The van der Waals surface area contributed by atoms with Crippen LogP contribution in [0, 0.1) is 6.92 Å². The highest BCUT2D eigenvalue weighted by Gasteiger charge is 2.31. The lowest BCUT2D eigenvalue weighted by atomic mass is 10.0. The van der Waals surface area contributed by atoms with E-state index in [0.29, 0.717) is 44.7 Å². The van der Waals surface area contributed by atoms with E-state index in [0.717, 1.165) is 61.1 Å². The van der Waals surface area contributed by atoms with Crippen LogP contribution in [-0.4, -0.2) is 65.0 Å². The van der Waals surface area contributed by atoms with Gasteiger partial charge in [-0.3, -0.25) is 14.9 Å². The predicted molar refractivity (Wildman–Crippen MR) is 126 cm³/mol. The SMILES string of the molecule is Cc1ccc(OCCCCCCC(=O)N(CCO)C2CCCC2)c2c1CN1CC(=O)NC1=N2. The van der Waals surface area contributed by atoms with Crippen LogP contribution in [0.2, 0.25) is 0 Å². The summed E-state index contributed by atoms with van der Waals surface area (Å²) < 4.78 is 6.06. The van der Waals surface area contributed by atoms with Gasteiger partial charge in [-0.2, -0.15) is 0 Å². The molecule has 0 spiro atoms. The van der Waals surface area contributed by atoms with Gasteiger partial charge in [0, 0.05) is 31.1 Å². The van der Waals surface area contributed by atoms with Crippen molar-refractivity contribution in [3.05, 3.63) is 23.3 Å². The van der Waals surface area contributed by atoms with Crippen LogP contribution in [0.25, 0.3) is 0 Å². The summed E-state index contributed by atoms with van der Waals surface area (Å²) >= 11 is 0. The normalized spacial score (nSPS) is 17.5. The van der Waals surface area contributed by atoms with Crippen LogP contribution < -0.4 is 10.1 Å². The Morgan fingerprint density at radius 1 is 1.21 bits per heavy atom. The van der Waals surface area contributed by atoms with E-state index in [1.165, 1.54) is 12.8 Å². The molecule has 0 radical (unpaired) electrons. The molecule has 2 aliphatic heterocycles. The number of aliphatic hydroxyl groups is 1. The number of unbranched alkanes of at least 4 members (excludes halogenated alkanes) is 3. The quantitative estimate of drug-likeness (QED) is 0.499. The van der Waals surface area contributed by atoms with Gasteiger partial charge in [0.2, 0.25) is 17.8 Å². The number of carbonyl (C=O) groups is 2. The van der Waals surface area contributed by atoms with E-state index in [1.54, 1.807) is 0 Å². The monoisotopic (exact) mass is 456 g/mol. The number of fused-ring (bicyclic) bond motifs is 2. The Labute approximate surface area is 196 Å². The minimum Gasteiger partial charge on any atom is -0.491 e. The van der Waals surface area contributed by atoms with E-state index in [4.69, 9.17) is 4.74 Å². The second-order valence-corrected chi connectivity index (χ2v) is 9.31. The first-order valence-corrected chi connectivity index (χ1v) is 12.4. The minimum absolute atomic E-state index is 0.0251. The van der Waals surface area contributed by atoms with Crippen molar-refractivity contribution in [3.63, 3.8) is 0 Å². The molecule has 2 fully saturated rings. The number of benzene rings is 1. The maximum Gasteiger partial charge on any atom is 0.246 e. The van der Waals surface area contributed by atoms with Crippen LogP contribution in [0.5, 0.6) is 5.75 Å². The van der Waals surface area contributed by atoms with Gasteiger partial charge in [0.1, 0.15) is 18.0 Å². The lowest BCUT2D eigenvalue weighted by molar-refractivity contribution is -0.134. The minimum atomic E-state index is -0.0251. The van der Waals surface area contributed by atoms with E-state index < -0.39 is 0 Å². The number of amides is 2. The van der Waals surface area contributed by atoms with Crippen molar-refractivity contribution in [3.8, 4) is 5.75 Å². The number of carbonyl (C=O) groups excluding carboxylic acids is 2. The van der Waals surface area contributed by atoms with Gasteiger partial charge in [0.05, 0.1) is 13.2 Å². The molecule has 1 aliphatic carbocycles. The molecule has 1 aromatic rings. The molecular weight excluding hydrogens is 420 g/mol. The van der Waals surface area contributed by atoms with E-state index in [9.17, 15) is 14.7 Å². The van der Waals surface area contributed by atoms with Crippen molar-refractivity contribution in [1.29, 1.82) is 0 Å². The van der Waals surface area contributed by atoms with E-state index in [2.05, 4.69) is 17.2 Å². The Hall–Kier alpha value is -2.61. The number of aliphatic imine (C=N–C) groups is 1. The van der Waals surface area contributed by atoms with Crippen LogP contribution in [0.3, 0.4) is 0 Å². The summed E-state index contributed by atoms with van der Waals surface area (Å²) in [7, 11) is 0. The van der Waals surface area contributed by atoms with Crippen LogP contribution in [-0.2, 0) is 16.1 Å². The summed E-state index contributed by atoms with van der Waals surface area (Å²) in [5.74, 6) is 1.53. The average molecular weight is 457 g/mol. The van der Waals surface area contributed by atoms with Crippen LogP contribution in [0.1, 0.15) is 68.9 Å². The van der Waals surface area contributed by atoms with E-state index >= 15 is 0 Å². The van der Waals surface area contributed by atoms with Gasteiger partial charge in [-0.05, 0) is 44.2 Å².